The van der Waals surface area contributed by atoms with Gasteiger partial charge in [0.05, 0.1) is 5.52 Å². The van der Waals surface area contributed by atoms with Crippen molar-refractivity contribution in [3.63, 3.8) is 0 Å². The van der Waals surface area contributed by atoms with Crippen LogP contribution in [-0.2, 0) is 13.0 Å². The molecule has 0 bridgehead atoms. The van der Waals surface area contributed by atoms with E-state index >= 15 is 0 Å². The molecule has 3 nitrogen and oxygen atoms in total. The highest BCUT2D eigenvalue weighted by Crippen LogP contribution is 2.20. The van der Waals surface area contributed by atoms with Crippen LogP contribution < -0.4 is 10.5 Å². The molecule has 3 heteroatoms. The largest absolute Gasteiger partial charge is 0.489 e. The number of ether oxygens (including phenoxy) is 1. The van der Waals surface area contributed by atoms with E-state index in [9.17, 15) is 0 Å². The zero-order valence-electron chi connectivity index (χ0n) is 12.0. The third kappa shape index (κ3) is 2.97. The van der Waals surface area contributed by atoms with Gasteiger partial charge in [-0.1, -0.05) is 37.3 Å². The summed E-state index contributed by atoms with van der Waals surface area (Å²) < 4.78 is 5.80. The molecule has 21 heavy (non-hydrogen) atoms. The minimum absolute atomic E-state index is 0.426. The van der Waals surface area contributed by atoms with Gasteiger partial charge in [0, 0.05) is 10.9 Å². The molecule has 2 N–H and O–H groups in total. The molecule has 106 valence electrons. The first kappa shape index (κ1) is 13.4. The van der Waals surface area contributed by atoms with E-state index in [2.05, 4.69) is 24.0 Å². The lowest BCUT2D eigenvalue weighted by atomic mass is 10.1. The minimum Gasteiger partial charge on any atom is -0.489 e. The van der Waals surface area contributed by atoms with E-state index in [4.69, 9.17) is 10.5 Å². The summed E-state index contributed by atoms with van der Waals surface area (Å²) in [6, 6.07) is 18.1. The lowest BCUT2D eigenvalue weighted by molar-refractivity contribution is 0.306. The second-order valence-electron chi connectivity index (χ2n) is 5.01. The first-order valence-electron chi connectivity index (χ1n) is 7.12. The topological polar surface area (TPSA) is 48.1 Å². The van der Waals surface area contributed by atoms with Gasteiger partial charge in [0.25, 0.3) is 0 Å². The van der Waals surface area contributed by atoms with Crippen molar-refractivity contribution in [3.05, 3.63) is 65.7 Å². The molecule has 0 saturated carbocycles. The Labute approximate surface area is 124 Å². The summed E-state index contributed by atoms with van der Waals surface area (Å²) in [6.45, 7) is 2.56. The van der Waals surface area contributed by atoms with E-state index in [1.165, 1.54) is 5.56 Å². The standard InChI is InChI=1S/C18H18N2O/c1-2-13-7-9-16(10-8-13)21-12-15-11-14-5-3-4-6-17(14)20-18(15)19/h3-11H,2,12H2,1H3,(H2,19,20). The number of para-hydroxylation sites is 1. The Bertz CT molecular complexity index is 751. The molecular formula is C18H18N2O. The van der Waals surface area contributed by atoms with Crippen LogP contribution in [0.3, 0.4) is 0 Å². The number of hydrogen-bond acceptors (Lipinski definition) is 3. The van der Waals surface area contributed by atoms with Gasteiger partial charge in [-0.2, -0.15) is 0 Å². The van der Waals surface area contributed by atoms with E-state index in [0.717, 1.165) is 28.6 Å². The number of benzene rings is 2. The number of nitrogens with two attached hydrogens (primary N) is 1. The molecule has 0 fully saturated rings. The predicted molar refractivity (Wildman–Crippen MR) is 86.3 cm³/mol. The normalized spacial score (nSPS) is 10.7. The van der Waals surface area contributed by atoms with Gasteiger partial charge in [0.1, 0.15) is 18.2 Å². The third-order valence-corrected chi connectivity index (χ3v) is 3.56. The van der Waals surface area contributed by atoms with Gasteiger partial charge in [-0.25, -0.2) is 4.98 Å². The average Bonchev–Trinajstić information content (AvgIpc) is 2.53. The summed E-state index contributed by atoms with van der Waals surface area (Å²) in [5.41, 5.74) is 9.12. The Morgan fingerprint density at radius 2 is 1.81 bits per heavy atom. The Morgan fingerprint density at radius 3 is 2.57 bits per heavy atom. The summed E-state index contributed by atoms with van der Waals surface area (Å²) >= 11 is 0. The van der Waals surface area contributed by atoms with Crippen molar-refractivity contribution >= 4 is 16.7 Å². The highest BCUT2D eigenvalue weighted by Gasteiger charge is 2.05. The summed E-state index contributed by atoms with van der Waals surface area (Å²) in [5.74, 6) is 1.37. The highest BCUT2D eigenvalue weighted by atomic mass is 16.5. The Morgan fingerprint density at radius 1 is 1.05 bits per heavy atom. The lowest BCUT2D eigenvalue weighted by Crippen LogP contribution is -2.02. The van der Waals surface area contributed by atoms with Gasteiger partial charge < -0.3 is 10.5 Å². The first-order valence-corrected chi connectivity index (χ1v) is 7.12. The average molecular weight is 278 g/mol. The molecule has 1 heterocycles. The SMILES string of the molecule is CCc1ccc(OCc2cc3ccccc3nc2N)cc1. The summed E-state index contributed by atoms with van der Waals surface area (Å²) in [7, 11) is 0. The number of aryl methyl sites for hydroxylation is 1. The number of aromatic nitrogens is 1. The zero-order chi connectivity index (χ0) is 14.7. The number of fused-ring (bicyclic) bond motifs is 1. The quantitative estimate of drug-likeness (QED) is 0.786. The molecule has 0 aliphatic rings. The number of nitrogen functional groups attached to an aromatic ring is 1. The van der Waals surface area contributed by atoms with Gasteiger partial charge >= 0.3 is 0 Å². The fraction of sp³-hybridized carbons (Fsp3) is 0.167. The smallest absolute Gasteiger partial charge is 0.130 e. The fourth-order valence-corrected chi connectivity index (χ4v) is 2.27. The maximum Gasteiger partial charge on any atom is 0.130 e. The molecule has 0 saturated heterocycles. The maximum atomic E-state index is 6.01. The monoisotopic (exact) mass is 278 g/mol. The lowest BCUT2D eigenvalue weighted by Gasteiger charge is -2.10. The molecule has 0 aliphatic carbocycles. The Balaban J connectivity index is 1.79. The predicted octanol–water partition coefficient (Wildman–Crippen LogP) is 3.96. The van der Waals surface area contributed by atoms with E-state index in [1.807, 2.05) is 42.5 Å². The number of rotatable bonds is 4. The molecule has 0 atom stereocenters. The molecule has 0 aliphatic heterocycles. The van der Waals surface area contributed by atoms with Crippen LogP contribution in [0.1, 0.15) is 18.1 Å². The fourth-order valence-electron chi connectivity index (χ4n) is 2.27. The summed E-state index contributed by atoms with van der Waals surface area (Å²) in [5, 5.41) is 1.08. The molecule has 3 rings (SSSR count). The summed E-state index contributed by atoms with van der Waals surface area (Å²) in [4.78, 5) is 4.41. The van der Waals surface area contributed by atoms with E-state index in [1.54, 1.807) is 0 Å². The van der Waals surface area contributed by atoms with Crippen molar-refractivity contribution in [2.45, 2.75) is 20.0 Å². The second kappa shape index (κ2) is 5.83. The molecule has 0 amide bonds. The van der Waals surface area contributed by atoms with Crippen LogP contribution in [-0.4, -0.2) is 4.98 Å². The van der Waals surface area contributed by atoms with Crippen LogP contribution in [0.4, 0.5) is 5.82 Å². The van der Waals surface area contributed by atoms with Crippen LogP contribution >= 0.6 is 0 Å². The van der Waals surface area contributed by atoms with Gasteiger partial charge in [-0.3, -0.25) is 0 Å². The van der Waals surface area contributed by atoms with Crippen LogP contribution in [0, 0.1) is 0 Å². The minimum atomic E-state index is 0.426. The molecule has 1 aromatic heterocycles. The number of nitrogens with zero attached hydrogens (tertiary/aromatic N) is 1. The van der Waals surface area contributed by atoms with Crippen LogP contribution in [0.25, 0.3) is 10.9 Å². The maximum absolute atomic E-state index is 6.01. The number of pyridine rings is 1. The van der Waals surface area contributed by atoms with Crippen molar-refractivity contribution in [1.29, 1.82) is 0 Å². The van der Waals surface area contributed by atoms with Crippen molar-refractivity contribution in [2.75, 3.05) is 5.73 Å². The highest BCUT2D eigenvalue weighted by molar-refractivity contribution is 5.81. The molecule has 0 radical (unpaired) electrons. The zero-order valence-corrected chi connectivity index (χ0v) is 12.0. The molecular weight excluding hydrogens is 260 g/mol. The van der Waals surface area contributed by atoms with Gasteiger partial charge in [-0.05, 0) is 36.2 Å². The number of anilines is 1. The third-order valence-electron chi connectivity index (χ3n) is 3.56. The van der Waals surface area contributed by atoms with Gasteiger partial charge in [0.15, 0.2) is 0 Å². The molecule has 0 unspecified atom stereocenters. The van der Waals surface area contributed by atoms with E-state index in [0.29, 0.717) is 12.4 Å². The second-order valence-corrected chi connectivity index (χ2v) is 5.01. The Kier molecular flexibility index (Phi) is 3.73. The van der Waals surface area contributed by atoms with Crippen molar-refractivity contribution < 1.29 is 4.74 Å². The van der Waals surface area contributed by atoms with Gasteiger partial charge in [-0.15, -0.1) is 0 Å². The van der Waals surface area contributed by atoms with E-state index < -0.39 is 0 Å². The number of hydrogen-bond donors (Lipinski definition) is 1. The van der Waals surface area contributed by atoms with Crippen LogP contribution in [0.2, 0.25) is 0 Å². The van der Waals surface area contributed by atoms with Crippen molar-refractivity contribution in [1.82, 2.24) is 4.98 Å². The van der Waals surface area contributed by atoms with E-state index in [-0.39, 0.29) is 0 Å². The molecule has 2 aromatic carbocycles. The molecule has 0 spiro atoms. The van der Waals surface area contributed by atoms with Gasteiger partial charge in [0.2, 0.25) is 0 Å². The molecule has 3 aromatic rings. The van der Waals surface area contributed by atoms with Crippen molar-refractivity contribution in [3.8, 4) is 5.75 Å². The first-order chi connectivity index (χ1) is 10.3. The summed E-state index contributed by atoms with van der Waals surface area (Å²) in [6.07, 6.45) is 1.03. The van der Waals surface area contributed by atoms with Crippen molar-refractivity contribution in [2.24, 2.45) is 0 Å². The Hall–Kier alpha value is -2.55. The van der Waals surface area contributed by atoms with Crippen LogP contribution in [0.15, 0.2) is 54.6 Å². The van der Waals surface area contributed by atoms with Crippen LogP contribution in [0.5, 0.6) is 5.75 Å².